The number of aromatic nitrogens is 2. The van der Waals surface area contributed by atoms with E-state index in [0.29, 0.717) is 24.4 Å². The van der Waals surface area contributed by atoms with Gasteiger partial charge in [-0.15, -0.1) is 0 Å². The van der Waals surface area contributed by atoms with Gasteiger partial charge in [-0.3, -0.25) is 0 Å². The summed E-state index contributed by atoms with van der Waals surface area (Å²) in [5.74, 6) is 3.01. The Labute approximate surface area is 194 Å². The Morgan fingerprint density at radius 2 is 1.66 bits per heavy atom. The molecule has 4 rings (SSSR count). The summed E-state index contributed by atoms with van der Waals surface area (Å²) in [6.07, 6.45) is 4.88. The third-order valence-corrected chi connectivity index (χ3v) is 4.56. The predicted octanol–water partition coefficient (Wildman–Crippen LogP) is 7.68. The predicted molar refractivity (Wildman–Crippen MR) is 132 cm³/mol. The van der Waals surface area contributed by atoms with Crippen LogP contribution in [0.5, 0.6) is 11.5 Å². The molecule has 0 bridgehead atoms. The molecule has 32 heavy (non-hydrogen) atoms. The van der Waals surface area contributed by atoms with Crippen LogP contribution in [0.15, 0.2) is 53.1 Å². The van der Waals surface area contributed by atoms with Gasteiger partial charge in [0.2, 0.25) is 0 Å². The molecule has 1 aromatic heterocycles. The summed E-state index contributed by atoms with van der Waals surface area (Å²) in [4.78, 5) is 4.19. The summed E-state index contributed by atoms with van der Waals surface area (Å²) in [5.41, 5.74) is 2.21. The van der Waals surface area contributed by atoms with Gasteiger partial charge < -0.3 is 14.0 Å². The van der Waals surface area contributed by atoms with E-state index in [1.807, 2.05) is 58.0 Å². The molecule has 2 aromatic carbocycles. The lowest BCUT2D eigenvalue weighted by molar-refractivity contribution is 0.169. The van der Waals surface area contributed by atoms with Crippen LogP contribution in [-0.2, 0) is 6.42 Å². The first-order valence-corrected chi connectivity index (χ1v) is 12.0. The first-order valence-electron chi connectivity index (χ1n) is 12.0. The number of ether oxygens (including phenoxy) is 2. The van der Waals surface area contributed by atoms with E-state index in [9.17, 15) is 0 Å². The minimum atomic E-state index is 0.444. The molecule has 0 saturated heterocycles. The number of aryl methyl sites for hydroxylation is 2. The Balaban J connectivity index is 0.000000285. The fourth-order valence-electron chi connectivity index (χ4n) is 3.06. The van der Waals surface area contributed by atoms with Crippen molar-refractivity contribution in [3.8, 4) is 23.0 Å². The van der Waals surface area contributed by atoms with Crippen molar-refractivity contribution < 1.29 is 14.0 Å². The smallest absolute Gasteiger partial charge is 0.261 e. The molecule has 0 amide bonds. The van der Waals surface area contributed by atoms with Gasteiger partial charge in [-0.25, -0.2) is 0 Å². The van der Waals surface area contributed by atoms with Gasteiger partial charge in [0.05, 0.1) is 18.3 Å². The standard InChI is InChI=1S/C12H14N2O2.C11H14O.2C2H6/c1-3-8-15-11-7-5-4-6-10(11)12-13-9(2)14-16-12;1-2-10-8-7-9-5-3-4-6-11(9)12-10;2*1-2/h4-7H,3,8H2,1-2H3;3-6,10H,2,7-8H2,1H3;2*1-2H3. The molecular formula is C27H40N2O3. The molecule has 0 spiro atoms. The molecule has 0 radical (unpaired) electrons. The van der Waals surface area contributed by atoms with Crippen LogP contribution in [0, 0.1) is 6.92 Å². The van der Waals surface area contributed by atoms with Crippen LogP contribution < -0.4 is 9.47 Å². The summed E-state index contributed by atoms with van der Waals surface area (Å²) >= 11 is 0. The van der Waals surface area contributed by atoms with Crippen LogP contribution in [0.3, 0.4) is 0 Å². The second-order valence-electron chi connectivity index (χ2n) is 6.79. The third kappa shape index (κ3) is 8.37. The Kier molecular flexibility index (Phi) is 13.5. The van der Waals surface area contributed by atoms with Gasteiger partial charge in [-0.2, -0.15) is 4.98 Å². The number of rotatable bonds is 5. The zero-order valence-corrected chi connectivity index (χ0v) is 20.9. The molecule has 1 aliphatic rings. The van der Waals surface area contributed by atoms with Gasteiger partial charge in [0.1, 0.15) is 11.5 Å². The lowest BCUT2D eigenvalue weighted by Crippen LogP contribution is -2.21. The fraction of sp³-hybridized carbons (Fsp3) is 0.481. The highest BCUT2D eigenvalue weighted by Crippen LogP contribution is 2.29. The summed E-state index contributed by atoms with van der Waals surface area (Å²) in [7, 11) is 0. The van der Waals surface area contributed by atoms with Crippen LogP contribution in [0.2, 0.25) is 0 Å². The number of para-hydroxylation sites is 2. The van der Waals surface area contributed by atoms with Crippen LogP contribution in [0.1, 0.15) is 72.2 Å². The quantitative estimate of drug-likeness (QED) is 0.407. The van der Waals surface area contributed by atoms with Gasteiger partial charge in [-0.05, 0) is 56.4 Å². The molecular weight excluding hydrogens is 400 g/mol. The Morgan fingerprint density at radius 3 is 2.31 bits per heavy atom. The zero-order chi connectivity index (χ0) is 23.8. The molecule has 1 aliphatic heterocycles. The highest BCUT2D eigenvalue weighted by molar-refractivity contribution is 5.62. The third-order valence-electron chi connectivity index (χ3n) is 4.56. The molecule has 1 atom stereocenters. The van der Waals surface area contributed by atoms with Crippen LogP contribution >= 0.6 is 0 Å². The molecule has 0 fully saturated rings. The number of hydrogen-bond acceptors (Lipinski definition) is 5. The van der Waals surface area contributed by atoms with Crippen molar-refractivity contribution in [1.29, 1.82) is 0 Å². The number of hydrogen-bond donors (Lipinski definition) is 0. The molecule has 0 N–H and O–H groups in total. The number of benzene rings is 2. The molecule has 176 valence electrons. The number of nitrogens with zero attached hydrogens (tertiary/aromatic N) is 2. The normalized spacial score (nSPS) is 13.5. The minimum Gasteiger partial charge on any atom is -0.493 e. The second-order valence-corrected chi connectivity index (χ2v) is 6.79. The monoisotopic (exact) mass is 440 g/mol. The molecule has 3 aromatic rings. The first kappa shape index (κ1) is 27.2. The van der Waals surface area contributed by atoms with Crippen molar-refractivity contribution in [1.82, 2.24) is 10.1 Å². The maximum Gasteiger partial charge on any atom is 0.261 e. The van der Waals surface area contributed by atoms with E-state index in [0.717, 1.165) is 29.9 Å². The summed E-state index contributed by atoms with van der Waals surface area (Å²) in [5, 5.41) is 3.77. The average molecular weight is 441 g/mol. The van der Waals surface area contributed by atoms with Crippen LogP contribution in [0.4, 0.5) is 0 Å². The van der Waals surface area contributed by atoms with Crippen molar-refractivity contribution in [2.45, 2.75) is 80.3 Å². The van der Waals surface area contributed by atoms with Crippen molar-refractivity contribution >= 4 is 0 Å². The van der Waals surface area contributed by atoms with Crippen molar-refractivity contribution in [3.63, 3.8) is 0 Å². The topological polar surface area (TPSA) is 57.4 Å². The summed E-state index contributed by atoms with van der Waals surface area (Å²) < 4.78 is 16.5. The van der Waals surface area contributed by atoms with Crippen LogP contribution in [0.25, 0.3) is 11.5 Å². The van der Waals surface area contributed by atoms with E-state index < -0.39 is 0 Å². The lowest BCUT2D eigenvalue weighted by Gasteiger charge is -2.24. The molecule has 1 unspecified atom stereocenters. The summed E-state index contributed by atoms with van der Waals surface area (Å²) in [6.45, 7) is 14.7. The fourth-order valence-corrected chi connectivity index (χ4v) is 3.06. The van der Waals surface area contributed by atoms with Gasteiger partial charge in [0.25, 0.3) is 5.89 Å². The van der Waals surface area contributed by atoms with Gasteiger partial charge in [0, 0.05) is 0 Å². The Morgan fingerprint density at radius 1 is 0.969 bits per heavy atom. The first-order chi connectivity index (χ1) is 15.7. The van der Waals surface area contributed by atoms with E-state index >= 15 is 0 Å². The van der Waals surface area contributed by atoms with Crippen molar-refractivity contribution in [2.75, 3.05) is 6.61 Å². The maximum absolute atomic E-state index is 5.78. The molecule has 0 saturated carbocycles. The van der Waals surface area contributed by atoms with E-state index in [4.69, 9.17) is 14.0 Å². The van der Waals surface area contributed by atoms with Crippen LogP contribution in [-0.4, -0.2) is 22.9 Å². The van der Waals surface area contributed by atoms with E-state index in [1.165, 1.54) is 18.4 Å². The van der Waals surface area contributed by atoms with Gasteiger partial charge in [0.15, 0.2) is 5.82 Å². The van der Waals surface area contributed by atoms with Crippen molar-refractivity contribution in [3.05, 3.63) is 59.9 Å². The largest absolute Gasteiger partial charge is 0.493 e. The highest BCUT2D eigenvalue weighted by atomic mass is 16.5. The average Bonchev–Trinajstić information content (AvgIpc) is 3.31. The summed E-state index contributed by atoms with van der Waals surface area (Å²) in [6, 6.07) is 16.0. The minimum absolute atomic E-state index is 0.444. The van der Waals surface area contributed by atoms with Gasteiger partial charge in [-0.1, -0.05) is 77.0 Å². The molecule has 5 heteroatoms. The lowest BCUT2D eigenvalue weighted by atomic mass is 10.0. The molecule has 2 heterocycles. The Hall–Kier alpha value is -2.82. The van der Waals surface area contributed by atoms with E-state index in [-0.39, 0.29) is 0 Å². The van der Waals surface area contributed by atoms with E-state index in [2.05, 4.69) is 42.2 Å². The zero-order valence-electron chi connectivity index (χ0n) is 20.9. The number of fused-ring (bicyclic) bond motifs is 1. The van der Waals surface area contributed by atoms with E-state index in [1.54, 1.807) is 6.92 Å². The molecule has 0 aliphatic carbocycles. The Bertz CT molecular complexity index is 877. The maximum atomic E-state index is 5.78. The highest BCUT2D eigenvalue weighted by Gasteiger charge is 2.16. The SMILES string of the molecule is CC.CC.CCC1CCc2ccccc2O1.CCCOc1ccccc1-c1nc(C)no1. The van der Waals surface area contributed by atoms with Gasteiger partial charge >= 0.3 is 0 Å². The molecule has 5 nitrogen and oxygen atoms in total. The second kappa shape index (κ2) is 15.9. The van der Waals surface area contributed by atoms with Crippen molar-refractivity contribution in [2.24, 2.45) is 0 Å².